The van der Waals surface area contributed by atoms with Crippen molar-refractivity contribution in [2.24, 2.45) is 23.7 Å². The average Bonchev–Trinajstić information content (AvgIpc) is 3.28. The van der Waals surface area contributed by atoms with E-state index < -0.39 is 0 Å². The van der Waals surface area contributed by atoms with Crippen molar-refractivity contribution in [3.63, 3.8) is 0 Å². The van der Waals surface area contributed by atoms with Crippen LogP contribution in [0.3, 0.4) is 0 Å². The minimum Gasteiger partial charge on any atom is -0.462 e. The lowest BCUT2D eigenvalue weighted by Crippen LogP contribution is -2.36. The third-order valence-corrected chi connectivity index (χ3v) is 5.55. The van der Waals surface area contributed by atoms with Gasteiger partial charge < -0.3 is 4.74 Å². The van der Waals surface area contributed by atoms with E-state index in [1.165, 1.54) is 18.4 Å². The molecule has 2 saturated carbocycles. The molecule has 2 nitrogen and oxygen atoms in total. The van der Waals surface area contributed by atoms with Crippen molar-refractivity contribution >= 4 is 5.97 Å². The van der Waals surface area contributed by atoms with Crippen LogP contribution in [0.2, 0.25) is 0 Å². The summed E-state index contributed by atoms with van der Waals surface area (Å²) in [6, 6.07) is 10.4. The summed E-state index contributed by atoms with van der Waals surface area (Å²) in [5, 5.41) is 0. The van der Waals surface area contributed by atoms with Gasteiger partial charge in [0.15, 0.2) is 0 Å². The molecule has 2 aliphatic carbocycles. The van der Waals surface area contributed by atoms with Crippen molar-refractivity contribution in [1.82, 2.24) is 0 Å². The van der Waals surface area contributed by atoms with E-state index in [1.54, 1.807) is 0 Å². The molecule has 2 fully saturated rings. The molecule has 0 amide bonds. The van der Waals surface area contributed by atoms with E-state index in [-0.39, 0.29) is 18.0 Å². The highest BCUT2D eigenvalue weighted by molar-refractivity contribution is 5.77. The molecule has 0 unspecified atom stereocenters. The Morgan fingerprint density at radius 2 is 1.86 bits per heavy atom. The number of benzene rings is 1. The van der Waals surface area contributed by atoms with Crippen LogP contribution in [0.4, 0.5) is 0 Å². The van der Waals surface area contributed by atoms with Crippen molar-refractivity contribution in [1.29, 1.82) is 0 Å². The standard InChI is InChI=1S/C20H28O2/c1-13(2)16-10-9-14(3)11-19(16)22-20(21)18-12-17(18)15-7-5-4-6-8-15/h4-8,13-14,16-19H,9-12H2,1-3H3/t14-,16+,17-,18+,19-/m1/s1. The summed E-state index contributed by atoms with van der Waals surface area (Å²) < 4.78 is 5.97. The Morgan fingerprint density at radius 3 is 2.55 bits per heavy atom. The summed E-state index contributed by atoms with van der Waals surface area (Å²) in [7, 11) is 0. The molecule has 0 spiro atoms. The molecule has 0 aromatic heterocycles. The Labute approximate surface area is 134 Å². The highest BCUT2D eigenvalue weighted by Gasteiger charge is 2.46. The molecule has 22 heavy (non-hydrogen) atoms. The van der Waals surface area contributed by atoms with Gasteiger partial charge >= 0.3 is 5.97 Å². The molecule has 0 N–H and O–H groups in total. The topological polar surface area (TPSA) is 26.3 Å². The zero-order valence-corrected chi connectivity index (χ0v) is 14.0. The number of hydrogen-bond acceptors (Lipinski definition) is 2. The van der Waals surface area contributed by atoms with Gasteiger partial charge in [-0.25, -0.2) is 0 Å². The lowest BCUT2D eigenvalue weighted by Gasteiger charge is -2.36. The van der Waals surface area contributed by atoms with Crippen LogP contribution in [0.1, 0.15) is 57.9 Å². The smallest absolute Gasteiger partial charge is 0.309 e. The van der Waals surface area contributed by atoms with Crippen molar-refractivity contribution in [3.05, 3.63) is 35.9 Å². The van der Waals surface area contributed by atoms with E-state index in [1.807, 2.05) is 18.2 Å². The summed E-state index contributed by atoms with van der Waals surface area (Å²) in [5.74, 6) is 2.32. The maximum absolute atomic E-state index is 12.5. The Bertz CT molecular complexity index is 508. The number of esters is 1. The first-order valence-corrected chi connectivity index (χ1v) is 8.81. The van der Waals surface area contributed by atoms with Gasteiger partial charge in [0, 0.05) is 0 Å². The van der Waals surface area contributed by atoms with Crippen LogP contribution in [0.25, 0.3) is 0 Å². The van der Waals surface area contributed by atoms with Gasteiger partial charge in [-0.2, -0.15) is 0 Å². The first kappa shape index (κ1) is 15.6. The molecule has 0 heterocycles. The molecular weight excluding hydrogens is 272 g/mol. The fraction of sp³-hybridized carbons (Fsp3) is 0.650. The Balaban J connectivity index is 1.59. The van der Waals surface area contributed by atoms with E-state index in [2.05, 4.69) is 32.9 Å². The van der Waals surface area contributed by atoms with Crippen LogP contribution in [0, 0.1) is 23.7 Å². The second kappa shape index (κ2) is 6.44. The third kappa shape index (κ3) is 3.37. The van der Waals surface area contributed by atoms with Crippen molar-refractivity contribution < 1.29 is 9.53 Å². The first-order valence-electron chi connectivity index (χ1n) is 8.81. The van der Waals surface area contributed by atoms with Gasteiger partial charge in [-0.15, -0.1) is 0 Å². The molecule has 2 heteroatoms. The van der Waals surface area contributed by atoms with Crippen LogP contribution in [0.15, 0.2) is 30.3 Å². The maximum Gasteiger partial charge on any atom is 0.309 e. The second-order valence-corrected chi connectivity index (χ2v) is 7.66. The fourth-order valence-electron chi connectivity index (χ4n) is 4.01. The van der Waals surface area contributed by atoms with Gasteiger partial charge in [-0.05, 0) is 48.5 Å². The molecule has 0 radical (unpaired) electrons. The third-order valence-electron chi connectivity index (χ3n) is 5.55. The number of ether oxygens (including phenoxy) is 1. The Kier molecular flexibility index (Phi) is 4.56. The van der Waals surface area contributed by atoms with Gasteiger partial charge in [0.2, 0.25) is 0 Å². The largest absolute Gasteiger partial charge is 0.462 e. The lowest BCUT2D eigenvalue weighted by molar-refractivity contribution is -0.157. The SMILES string of the molecule is CC(C)[C@@H]1CC[C@@H](C)C[C@H]1OC(=O)[C@H]1C[C@@H]1c1ccccc1. The van der Waals surface area contributed by atoms with Gasteiger partial charge in [0.25, 0.3) is 0 Å². The Hall–Kier alpha value is -1.31. The van der Waals surface area contributed by atoms with E-state index >= 15 is 0 Å². The van der Waals surface area contributed by atoms with Gasteiger partial charge in [-0.3, -0.25) is 4.79 Å². The molecule has 0 aliphatic heterocycles. The molecular formula is C20H28O2. The molecule has 0 saturated heterocycles. The fourth-order valence-corrected chi connectivity index (χ4v) is 4.01. The van der Waals surface area contributed by atoms with E-state index in [4.69, 9.17) is 4.74 Å². The number of rotatable bonds is 4. The van der Waals surface area contributed by atoms with Gasteiger partial charge in [0.1, 0.15) is 6.10 Å². The highest BCUT2D eigenvalue weighted by Crippen LogP contribution is 2.49. The summed E-state index contributed by atoms with van der Waals surface area (Å²) in [4.78, 5) is 12.5. The predicted octanol–water partition coefficient (Wildman–Crippen LogP) is 4.79. The van der Waals surface area contributed by atoms with Crippen molar-refractivity contribution in [2.75, 3.05) is 0 Å². The minimum atomic E-state index is 0.0404. The van der Waals surface area contributed by atoms with Crippen molar-refractivity contribution in [3.8, 4) is 0 Å². The van der Waals surface area contributed by atoms with Crippen molar-refractivity contribution in [2.45, 2.75) is 58.5 Å². The Morgan fingerprint density at radius 1 is 1.14 bits per heavy atom. The van der Waals surface area contributed by atoms with E-state index in [0.717, 1.165) is 12.8 Å². The number of carbonyl (C=O) groups excluding carboxylic acids is 1. The predicted molar refractivity (Wildman–Crippen MR) is 88.5 cm³/mol. The highest BCUT2D eigenvalue weighted by atomic mass is 16.5. The normalized spacial score (nSPS) is 34.5. The molecule has 3 rings (SSSR count). The summed E-state index contributed by atoms with van der Waals surface area (Å²) in [5.41, 5.74) is 1.28. The lowest BCUT2D eigenvalue weighted by atomic mass is 9.75. The molecule has 2 aliphatic rings. The van der Waals surface area contributed by atoms with Gasteiger partial charge in [0.05, 0.1) is 5.92 Å². The molecule has 0 bridgehead atoms. The minimum absolute atomic E-state index is 0.0404. The number of hydrogen-bond donors (Lipinski definition) is 0. The zero-order valence-electron chi connectivity index (χ0n) is 14.0. The van der Waals surface area contributed by atoms with Gasteiger partial charge in [-0.1, -0.05) is 57.5 Å². The van der Waals surface area contributed by atoms with Crippen LogP contribution in [-0.4, -0.2) is 12.1 Å². The van der Waals surface area contributed by atoms with E-state index in [9.17, 15) is 4.79 Å². The first-order chi connectivity index (χ1) is 10.6. The van der Waals surface area contributed by atoms with Crippen LogP contribution >= 0.6 is 0 Å². The number of carbonyl (C=O) groups is 1. The molecule has 1 aromatic rings. The van der Waals surface area contributed by atoms with Crippen LogP contribution < -0.4 is 0 Å². The summed E-state index contributed by atoms with van der Waals surface area (Å²) in [6.45, 7) is 6.79. The van der Waals surface area contributed by atoms with Crippen LogP contribution in [0.5, 0.6) is 0 Å². The quantitative estimate of drug-likeness (QED) is 0.747. The molecule has 120 valence electrons. The summed E-state index contributed by atoms with van der Waals surface area (Å²) in [6.07, 6.45) is 4.60. The zero-order chi connectivity index (χ0) is 15.7. The summed E-state index contributed by atoms with van der Waals surface area (Å²) >= 11 is 0. The monoisotopic (exact) mass is 300 g/mol. The van der Waals surface area contributed by atoms with E-state index in [0.29, 0.717) is 23.7 Å². The average molecular weight is 300 g/mol. The molecule has 1 aromatic carbocycles. The second-order valence-electron chi connectivity index (χ2n) is 7.66. The maximum atomic E-state index is 12.5. The van der Waals surface area contributed by atoms with Crippen LogP contribution in [-0.2, 0) is 9.53 Å². The molecule has 5 atom stereocenters.